The maximum absolute atomic E-state index is 9.01. The Hall–Kier alpha value is -1.98. The summed E-state index contributed by atoms with van der Waals surface area (Å²) in [4.78, 5) is 0. The second-order valence-electron chi connectivity index (χ2n) is 5.22. The Labute approximate surface area is 124 Å². The summed E-state index contributed by atoms with van der Waals surface area (Å²) in [6.07, 6.45) is 2.11. The van der Waals surface area contributed by atoms with Crippen molar-refractivity contribution in [3.63, 3.8) is 0 Å². The number of hydrogen-bond donors (Lipinski definition) is 1. The third kappa shape index (κ3) is 2.37. The Kier molecular flexibility index (Phi) is 3.38. The minimum absolute atomic E-state index is 0.301. The van der Waals surface area contributed by atoms with Crippen molar-refractivity contribution < 1.29 is 0 Å². The van der Waals surface area contributed by atoms with Gasteiger partial charge in [-0.15, -0.1) is 0 Å². The van der Waals surface area contributed by atoms with Gasteiger partial charge in [-0.1, -0.05) is 23.7 Å². The van der Waals surface area contributed by atoms with Crippen molar-refractivity contribution in [3.05, 3.63) is 63.7 Å². The summed E-state index contributed by atoms with van der Waals surface area (Å²) in [5.74, 6) is 0. The zero-order valence-corrected chi connectivity index (χ0v) is 12.0. The lowest BCUT2D eigenvalue weighted by atomic mass is 10.1. The largest absolute Gasteiger partial charge is 0.378 e. The van der Waals surface area contributed by atoms with Gasteiger partial charge in [-0.3, -0.25) is 0 Å². The van der Waals surface area contributed by atoms with Crippen LogP contribution in [0.2, 0.25) is 5.02 Å². The summed E-state index contributed by atoms with van der Waals surface area (Å²) in [6, 6.07) is 14.3. The number of nitrogens with one attached hydrogen (secondary N) is 1. The number of fused-ring (bicyclic) bond motifs is 1. The zero-order chi connectivity index (χ0) is 14.1. The van der Waals surface area contributed by atoms with Gasteiger partial charge in [0.15, 0.2) is 0 Å². The van der Waals surface area contributed by atoms with Gasteiger partial charge in [0.1, 0.15) is 0 Å². The predicted molar refractivity (Wildman–Crippen MR) is 82.0 cm³/mol. The Balaban J connectivity index is 1.89. The van der Waals surface area contributed by atoms with Crippen LogP contribution in [0.1, 0.15) is 34.7 Å². The predicted octanol–water partition coefficient (Wildman–Crippen LogP) is 4.62. The summed E-state index contributed by atoms with van der Waals surface area (Å²) in [5.41, 5.74) is 5.52. The van der Waals surface area contributed by atoms with E-state index in [4.69, 9.17) is 16.9 Å². The van der Waals surface area contributed by atoms with Crippen LogP contribution in [0.5, 0.6) is 0 Å². The van der Waals surface area contributed by atoms with Crippen molar-refractivity contribution in [2.45, 2.75) is 25.8 Å². The number of nitriles is 1. The second kappa shape index (κ2) is 5.19. The maximum atomic E-state index is 9.01. The highest BCUT2D eigenvalue weighted by atomic mass is 35.5. The number of hydrogen-bond acceptors (Lipinski definition) is 2. The molecular weight excluding hydrogens is 268 g/mol. The van der Waals surface area contributed by atoms with E-state index in [2.05, 4.69) is 30.4 Å². The fourth-order valence-corrected chi connectivity index (χ4v) is 2.97. The van der Waals surface area contributed by atoms with Gasteiger partial charge in [-0.05, 0) is 60.7 Å². The van der Waals surface area contributed by atoms with Gasteiger partial charge in [-0.2, -0.15) is 5.26 Å². The van der Waals surface area contributed by atoms with Crippen molar-refractivity contribution in [2.24, 2.45) is 0 Å². The lowest BCUT2D eigenvalue weighted by Crippen LogP contribution is -2.08. The van der Waals surface area contributed by atoms with Gasteiger partial charge in [-0.25, -0.2) is 0 Å². The first-order valence-electron chi connectivity index (χ1n) is 6.73. The molecule has 0 radical (unpaired) electrons. The van der Waals surface area contributed by atoms with Crippen LogP contribution < -0.4 is 5.32 Å². The molecule has 2 aromatic carbocycles. The molecule has 0 spiro atoms. The van der Waals surface area contributed by atoms with E-state index >= 15 is 0 Å². The molecule has 1 unspecified atom stereocenters. The number of rotatable bonds is 2. The first-order valence-corrected chi connectivity index (χ1v) is 7.11. The van der Waals surface area contributed by atoms with Crippen molar-refractivity contribution in [3.8, 4) is 6.07 Å². The van der Waals surface area contributed by atoms with E-state index < -0.39 is 0 Å². The molecule has 0 heterocycles. The summed E-state index contributed by atoms with van der Waals surface area (Å²) >= 11 is 6.04. The highest BCUT2D eigenvalue weighted by Crippen LogP contribution is 2.36. The fraction of sp³-hybridized carbons (Fsp3) is 0.235. The molecular formula is C17H15ClN2. The van der Waals surface area contributed by atoms with E-state index in [9.17, 15) is 0 Å². The van der Waals surface area contributed by atoms with Gasteiger partial charge in [0.05, 0.1) is 17.7 Å². The van der Waals surface area contributed by atoms with Crippen LogP contribution in [0.15, 0.2) is 36.4 Å². The van der Waals surface area contributed by atoms with E-state index in [1.807, 2.05) is 24.3 Å². The van der Waals surface area contributed by atoms with Crippen LogP contribution in [0.3, 0.4) is 0 Å². The van der Waals surface area contributed by atoms with E-state index in [1.165, 1.54) is 11.1 Å². The van der Waals surface area contributed by atoms with Crippen LogP contribution in [-0.4, -0.2) is 0 Å². The van der Waals surface area contributed by atoms with Gasteiger partial charge >= 0.3 is 0 Å². The van der Waals surface area contributed by atoms with E-state index in [0.29, 0.717) is 11.6 Å². The molecule has 0 bridgehead atoms. The van der Waals surface area contributed by atoms with Gasteiger partial charge in [0.2, 0.25) is 0 Å². The molecule has 1 atom stereocenters. The standard InChI is InChI=1S/C17H15ClN2/c1-11-2-3-12(10-19)8-17(11)20-16-7-4-13-9-14(18)5-6-15(13)16/h2-3,5-6,8-9,16,20H,4,7H2,1H3. The zero-order valence-electron chi connectivity index (χ0n) is 11.3. The summed E-state index contributed by atoms with van der Waals surface area (Å²) in [5, 5.41) is 13.4. The molecule has 1 N–H and O–H groups in total. The van der Waals surface area contributed by atoms with Gasteiger partial charge < -0.3 is 5.32 Å². The monoisotopic (exact) mass is 282 g/mol. The molecule has 2 nitrogen and oxygen atoms in total. The normalized spacial score (nSPS) is 16.6. The first kappa shape index (κ1) is 13.0. The molecule has 100 valence electrons. The lowest BCUT2D eigenvalue weighted by molar-refractivity contribution is 0.761. The molecule has 20 heavy (non-hydrogen) atoms. The topological polar surface area (TPSA) is 35.8 Å². The maximum Gasteiger partial charge on any atom is 0.0992 e. The Bertz CT molecular complexity index is 701. The molecule has 0 amide bonds. The number of anilines is 1. The minimum Gasteiger partial charge on any atom is -0.378 e. The smallest absolute Gasteiger partial charge is 0.0992 e. The summed E-state index contributed by atoms with van der Waals surface area (Å²) in [7, 11) is 0. The van der Waals surface area contributed by atoms with E-state index in [0.717, 1.165) is 29.1 Å². The van der Waals surface area contributed by atoms with Crippen LogP contribution in [0.25, 0.3) is 0 Å². The number of halogens is 1. The second-order valence-corrected chi connectivity index (χ2v) is 5.66. The molecule has 0 fully saturated rings. The van der Waals surface area contributed by atoms with Gasteiger partial charge in [0, 0.05) is 10.7 Å². The molecule has 3 rings (SSSR count). The third-order valence-electron chi connectivity index (χ3n) is 3.88. The summed E-state index contributed by atoms with van der Waals surface area (Å²) < 4.78 is 0. The number of aryl methyl sites for hydroxylation is 2. The molecule has 1 aliphatic rings. The Morgan fingerprint density at radius 3 is 2.90 bits per heavy atom. The van der Waals surface area contributed by atoms with Crippen LogP contribution in [0, 0.1) is 18.3 Å². The van der Waals surface area contributed by atoms with Crippen molar-refractivity contribution in [2.75, 3.05) is 5.32 Å². The molecule has 0 saturated carbocycles. The average molecular weight is 283 g/mol. The van der Waals surface area contributed by atoms with E-state index in [-0.39, 0.29) is 0 Å². The van der Waals surface area contributed by atoms with Crippen LogP contribution in [-0.2, 0) is 6.42 Å². The van der Waals surface area contributed by atoms with Gasteiger partial charge in [0.25, 0.3) is 0 Å². The molecule has 1 aliphatic carbocycles. The number of nitrogens with zero attached hydrogens (tertiary/aromatic N) is 1. The molecule has 0 saturated heterocycles. The van der Waals surface area contributed by atoms with Crippen molar-refractivity contribution in [1.82, 2.24) is 0 Å². The highest BCUT2D eigenvalue weighted by Gasteiger charge is 2.22. The summed E-state index contributed by atoms with van der Waals surface area (Å²) in [6.45, 7) is 2.06. The Morgan fingerprint density at radius 2 is 2.10 bits per heavy atom. The lowest BCUT2D eigenvalue weighted by Gasteiger charge is -2.17. The molecule has 0 aliphatic heterocycles. The highest BCUT2D eigenvalue weighted by molar-refractivity contribution is 6.30. The van der Waals surface area contributed by atoms with Crippen molar-refractivity contribution in [1.29, 1.82) is 5.26 Å². The first-order chi connectivity index (χ1) is 9.67. The Morgan fingerprint density at radius 1 is 1.25 bits per heavy atom. The van der Waals surface area contributed by atoms with Crippen molar-refractivity contribution >= 4 is 17.3 Å². The quantitative estimate of drug-likeness (QED) is 0.872. The SMILES string of the molecule is Cc1ccc(C#N)cc1NC1CCc2cc(Cl)ccc21. The number of benzene rings is 2. The fourth-order valence-electron chi connectivity index (χ4n) is 2.77. The average Bonchev–Trinajstić information content (AvgIpc) is 2.83. The molecule has 0 aromatic heterocycles. The van der Waals surface area contributed by atoms with Crippen LogP contribution in [0.4, 0.5) is 5.69 Å². The third-order valence-corrected chi connectivity index (χ3v) is 4.11. The molecule has 2 aromatic rings. The van der Waals surface area contributed by atoms with Crippen LogP contribution >= 0.6 is 11.6 Å². The molecule has 3 heteroatoms. The van der Waals surface area contributed by atoms with E-state index in [1.54, 1.807) is 0 Å². The minimum atomic E-state index is 0.301.